The number of fused-ring (bicyclic) bond motifs is 1. The first kappa shape index (κ1) is 30.6. The minimum Gasteiger partial charge on any atom is -0.497 e. The Morgan fingerprint density at radius 3 is 2.27 bits per heavy atom. The monoisotopic (exact) mass is 651 g/mol. The van der Waals surface area contributed by atoms with Crippen molar-refractivity contribution in [3.63, 3.8) is 0 Å². The standard InChI is InChI=1S/C34H26Cl2F3N3O3/c1-45-24-13-8-19(9-14-24)21-16-28-31(30(43)17-21)32(20-6-10-22(11-7-20)34(37,38)39)42(29-5-3-2-4-27(29)41-28)33(44)40-23-12-15-25(35)26(36)18-23/h2-15,18,21,32,41H,16-17H2,1H3,(H,40,44). The Balaban J connectivity index is 1.50. The van der Waals surface area contributed by atoms with Crippen LogP contribution in [0.1, 0.15) is 41.5 Å². The maximum atomic E-state index is 14.2. The summed E-state index contributed by atoms with van der Waals surface area (Å²) in [5.41, 5.74) is 2.68. The molecule has 4 aromatic rings. The van der Waals surface area contributed by atoms with Crippen LogP contribution >= 0.6 is 23.2 Å². The van der Waals surface area contributed by atoms with Crippen molar-refractivity contribution in [3.8, 4) is 5.75 Å². The van der Waals surface area contributed by atoms with E-state index in [0.717, 1.165) is 17.7 Å². The fraction of sp³-hybridized carbons (Fsp3) is 0.176. The number of rotatable bonds is 4. The van der Waals surface area contributed by atoms with Gasteiger partial charge in [-0.1, -0.05) is 59.6 Å². The van der Waals surface area contributed by atoms with E-state index in [0.29, 0.717) is 51.1 Å². The zero-order valence-corrected chi connectivity index (χ0v) is 25.3. The molecule has 1 aliphatic carbocycles. The first-order chi connectivity index (χ1) is 21.5. The highest BCUT2D eigenvalue weighted by atomic mass is 35.5. The van der Waals surface area contributed by atoms with Crippen molar-refractivity contribution in [1.82, 2.24) is 0 Å². The minimum absolute atomic E-state index is 0.141. The molecule has 1 aliphatic heterocycles. The van der Waals surface area contributed by atoms with Crippen molar-refractivity contribution in [2.24, 2.45) is 0 Å². The fourth-order valence-corrected chi connectivity index (χ4v) is 6.15. The van der Waals surface area contributed by atoms with Crippen LogP contribution < -0.4 is 20.3 Å². The number of benzene rings is 4. The summed E-state index contributed by atoms with van der Waals surface area (Å²) < 4.78 is 45.9. The Kier molecular flexibility index (Phi) is 8.24. The molecule has 6 rings (SSSR count). The van der Waals surface area contributed by atoms with E-state index in [1.165, 1.54) is 29.2 Å². The van der Waals surface area contributed by atoms with Gasteiger partial charge in [-0.2, -0.15) is 13.2 Å². The number of nitrogens with zero attached hydrogens (tertiary/aromatic N) is 1. The summed E-state index contributed by atoms with van der Waals surface area (Å²) in [6.07, 6.45) is -3.98. The third kappa shape index (κ3) is 6.10. The van der Waals surface area contributed by atoms with Gasteiger partial charge in [-0.3, -0.25) is 9.69 Å². The number of anilines is 3. The van der Waals surface area contributed by atoms with Gasteiger partial charge in [-0.15, -0.1) is 0 Å². The molecule has 0 aromatic heterocycles. The summed E-state index contributed by atoms with van der Waals surface area (Å²) in [5, 5.41) is 6.77. The third-order valence-electron chi connectivity index (χ3n) is 8.02. The largest absolute Gasteiger partial charge is 0.497 e. The number of Topliss-reactive ketones (excluding diaryl/α,β-unsaturated/α-hetero) is 1. The number of carbonyl (C=O) groups excluding carboxylic acids is 2. The number of para-hydroxylation sites is 2. The van der Waals surface area contributed by atoms with Crippen LogP contribution in [0.4, 0.5) is 35.0 Å². The lowest BCUT2D eigenvalue weighted by molar-refractivity contribution is -0.137. The van der Waals surface area contributed by atoms with E-state index >= 15 is 0 Å². The summed E-state index contributed by atoms with van der Waals surface area (Å²) in [5.74, 6) is 0.287. The van der Waals surface area contributed by atoms with Crippen LogP contribution in [0.3, 0.4) is 0 Å². The van der Waals surface area contributed by atoms with Crippen molar-refractivity contribution < 1.29 is 27.5 Å². The second-order valence-electron chi connectivity index (χ2n) is 10.8. The lowest BCUT2D eigenvalue weighted by atomic mass is 9.78. The molecule has 2 N–H and O–H groups in total. The number of methoxy groups -OCH3 is 1. The molecule has 2 aliphatic rings. The molecule has 1 heterocycles. The Morgan fingerprint density at radius 2 is 1.60 bits per heavy atom. The average molecular weight is 653 g/mol. The zero-order valence-electron chi connectivity index (χ0n) is 23.8. The predicted molar refractivity (Wildman–Crippen MR) is 169 cm³/mol. The number of ether oxygens (including phenoxy) is 1. The van der Waals surface area contributed by atoms with Crippen molar-refractivity contribution in [2.45, 2.75) is 31.0 Å². The molecule has 2 atom stereocenters. The number of halogens is 5. The van der Waals surface area contributed by atoms with Gasteiger partial charge in [0.05, 0.1) is 40.1 Å². The molecule has 0 radical (unpaired) electrons. The van der Waals surface area contributed by atoms with Gasteiger partial charge < -0.3 is 15.4 Å². The van der Waals surface area contributed by atoms with Crippen LogP contribution in [0, 0.1) is 0 Å². The Labute approximate surface area is 267 Å². The summed E-state index contributed by atoms with van der Waals surface area (Å²) in [6.45, 7) is 0. The summed E-state index contributed by atoms with van der Waals surface area (Å²) in [4.78, 5) is 29.8. The highest BCUT2D eigenvalue weighted by Gasteiger charge is 2.42. The van der Waals surface area contributed by atoms with Gasteiger partial charge in [0, 0.05) is 23.4 Å². The van der Waals surface area contributed by atoms with E-state index in [1.807, 2.05) is 24.3 Å². The number of hydrogen-bond donors (Lipinski definition) is 2. The predicted octanol–water partition coefficient (Wildman–Crippen LogP) is 9.63. The van der Waals surface area contributed by atoms with E-state index in [2.05, 4.69) is 10.6 Å². The van der Waals surface area contributed by atoms with Gasteiger partial charge in [0.1, 0.15) is 5.75 Å². The van der Waals surface area contributed by atoms with Crippen molar-refractivity contribution in [3.05, 3.63) is 129 Å². The number of carbonyl (C=O) groups is 2. The Bertz CT molecular complexity index is 1810. The molecule has 6 nitrogen and oxygen atoms in total. The van der Waals surface area contributed by atoms with Gasteiger partial charge in [-0.05, 0) is 78.1 Å². The van der Waals surface area contributed by atoms with Gasteiger partial charge in [-0.25, -0.2) is 4.79 Å². The molecule has 0 saturated heterocycles. The molecule has 2 amide bonds. The molecule has 45 heavy (non-hydrogen) atoms. The summed E-state index contributed by atoms with van der Waals surface area (Å²) in [7, 11) is 1.58. The van der Waals surface area contributed by atoms with Gasteiger partial charge in [0.25, 0.3) is 0 Å². The third-order valence-corrected chi connectivity index (χ3v) is 8.76. The molecule has 4 aromatic carbocycles. The van der Waals surface area contributed by atoms with Gasteiger partial charge in [0.15, 0.2) is 5.78 Å². The van der Waals surface area contributed by atoms with Crippen LogP contribution in [-0.2, 0) is 11.0 Å². The number of hydrogen-bond acceptors (Lipinski definition) is 4. The molecule has 2 unspecified atom stereocenters. The summed E-state index contributed by atoms with van der Waals surface area (Å²) in [6, 6.07) is 22.0. The minimum atomic E-state index is -4.56. The normalized spacial score (nSPS) is 18.0. The number of amides is 2. The maximum absolute atomic E-state index is 14.2. The topological polar surface area (TPSA) is 70.7 Å². The molecule has 0 spiro atoms. The Morgan fingerprint density at radius 1 is 0.911 bits per heavy atom. The molecule has 0 fully saturated rings. The van der Waals surface area contributed by atoms with Crippen LogP contribution in [0.15, 0.2) is 102 Å². The second-order valence-corrected chi connectivity index (χ2v) is 11.6. The van der Waals surface area contributed by atoms with Crippen LogP contribution in [0.2, 0.25) is 10.0 Å². The smallest absolute Gasteiger partial charge is 0.416 e. The lowest BCUT2D eigenvalue weighted by Gasteiger charge is -2.35. The highest BCUT2D eigenvalue weighted by Crippen LogP contribution is 2.48. The van der Waals surface area contributed by atoms with Crippen molar-refractivity contribution >= 4 is 52.1 Å². The number of ketones is 1. The Hall–Kier alpha value is -4.47. The molecular weight excluding hydrogens is 626 g/mol. The number of nitrogens with one attached hydrogen (secondary N) is 2. The van der Waals surface area contributed by atoms with Gasteiger partial charge >= 0.3 is 12.2 Å². The lowest BCUT2D eigenvalue weighted by Crippen LogP contribution is -2.41. The number of urea groups is 1. The fourth-order valence-electron chi connectivity index (χ4n) is 5.85. The number of allylic oxidation sites excluding steroid dienone is 1. The van der Waals surface area contributed by atoms with E-state index in [1.54, 1.807) is 37.4 Å². The molecule has 0 saturated carbocycles. The quantitative estimate of drug-likeness (QED) is 0.230. The van der Waals surface area contributed by atoms with Crippen LogP contribution in [0.5, 0.6) is 5.75 Å². The second kappa shape index (κ2) is 12.1. The van der Waals surface area contributed by atoms with E-state index in [4.69, 9.17) is 27.9 Å². The number of alkyl halides is 3. The van der Waals surface area contributed by atoms with E-state index in [-0.39, 0.29) is 23.1 Å². The highest BCUT2D eigenvalue weighted by molar-refractivity contribution is 6.42. The molecular formula is C34H26Cl2F3N3O3. The first-order valence-electron chi connectivity index (χ1n) is 14.0. The molecule has 230 valence electrons. The summed E-state index contributed by atoms with van der Waals surface area (Å²) >= 11 is 12.3. The van der Waals surface area contributed by atoms with Crippen LogP contribution in [-0.4, -0.2) is 18.9 Å². The maximum Gasteiger partial charge on any atom is 0.416 e. The van der Waals surface area contributed by atoms with Gasteiger partial charge in [0.2, 0.25) is 0 Å². The van der Waals surface area contributed by atoms with E-state index < -0.39 is 23.8 Å². The first-order valence-corrected chi connectivity index (χ1v) is 14.8. The van der Waals surface area contributed by atoms with Crippen molar-refractivity contribution in [2.75, 3.05) is 22.6 Å². The van der Waals surface area contributed by atoms with Crippen LogP contribution in [0.25, 0.3) is 0 Å². The van der Waals surface area contributed by atoms with Crippen molar-refractivity contribution in [1.29, 1.82) is 0 Å². The average Bonchev–Trinajstić information content (AvgIpc) is 3.17. The SMILES string of the molecule is COc1ccc(C2CC(=O)C3=C(C2)Nc2ccccc2N(C(=O)Nc2ccc(Cl)c(Cl)c2)C3c2ccc(C(F)(F)F)cc2)cc1. The van der Waals surface area contributed by atoms with E-state index in [9.17, 15) is 22.8 Å². The molecule has 0 bridgehead atoms. The zero-order chi connectivity index (χ0) is 31.9. The molecule has 11 heteroatoms.